The van der Waals surface area contributed by atoms with Gasteiger partial charge >= 0.3 is 0 Å². The van der Waals surface area contributed by atoms with E-state index in [-0.39, 0.29) is 0 Å². The van der Waals surface area contributed by atoms with Crippen LogP contribution in [0.15, 0.2) is 39.9 Å². The highest BCUT2D eigenvalue weighted by Crippen LogP contribution is 2.24. The molecular weight excluding hydrogens is 296 g/mol. The molecule has 0 aliphatic rings. The van der Waals surface area contributed by atoms with Crippen molar-refractivity contribution in [1.82, 2.24) is 5.32 Å². The molecule has 0 aliphatic carbocycles. The molecule has 1 heterocycles. The first kappa shape index (κ1) is 14.8. The molecule has 0 aliphatic heterocycles. The summed E-state index contributed by atoms with van der Waals surface area (Å²) in [6, 6.07) is 8.48. The fourth-order valence-electron chi connectivity index (χ4n) is 1.68. The monoisotopic (exact) mass is 312 g/mol. The minimum absolute atomic E-state index is 0.297. The van der Waals surface area contributed by atoms with Gasteiger partial charge in [-0.3, -0.25) is 4.72 Å². The Labute approximate surface area is 122 Å². The highest BCUT2D eigenvalue weighted by Gasteiger charge is 2.17. The number of anilines is 1. The van der Waals surface area contributed by atoms with E-state index in [1.54, 1.807) is 30.3 Å². The molecule has 0 radical (unpaired) electrons. The highest BCUT2D eigenvalue weighted by molar-refractivity contribution is 7.94. The first-order valence-electron chi connectivity index (χ1n) is 5.94. The smallest absolute Gasteiger partial charge is 0.271 e. The number of ether oxygens (including phenoxy) is 1. The van der Waals surface area contributed by atoms with E-state index >= 15 is 0 Å². The average molecular weight is 312 g/mol. The van der Waals surface area contributed by atoms with Crippen LogP contribution in [0.4, 0.5) is 5.69 Å². The van der Waals surface area contributed by atoms with Crippen molar-refractivity contribution in [2.75, 3.05) is 18.9 Å². The van der Waals surface area contributed by atoms with Gasteiger partial charge in [-0.05, 0) is 36.2 Å². The second kappa shape index (κ2) is 6.25. The van der Waals surface area contributed by atoms with Gasteiger partial charge in [-0.15, -0.1) is 11.3 Å². The number of methoxy groups -OCH3 is 1. The van der Waals surface area contributed by atoms with E-state index < -0.39 is 10.0 Å². The van der Waals surface area contributed by atoms with Crippen LogP contribution in [0.5, 0.6) is 5.75 Å². The van der Waals surface area contributed by atoms with Crippen LogP contribution in [0.3, 0.4) is 0 Å². The topological polar surface area (TPSA) is 67.4 Å². The van der Waals surface area contributed by atoms with Crippen LogP contribution in [0.25, 0.3) is 0 Å². The number of nitrogens with one attached hydrogen (secondary N) is 2. The van der Waals surface area contributed by atoms with Crippen molar-refractivity contribution in [2.45, 2.75) is 10.8 Å². The predicted molar refractivity (Wildman–Crippen MR) is 80.9 cm³/mol. The second-order valence-electron chi connectivity index (χ2n) is 4.14. The molecule has 0 saturated carbocycles. The van der Waals surface area contributed by atoms with Gasteiger partial charge in [-0.1, -0.05) is 6.07 Å². The molecule has 2 rings (SSSR count). The summed E-state index contributed by atoms with van der Waals surface area (Å²) in [7, 11) is -0.192. The predicted octanol–water partition coefficient (Wildman–Crippen LogP) is 2.28. The number of hydrogen-bond acceptors (Lipinski definition) is 5. The molecular formula is C13H16N2O3S2. The van der Waals surface area contributed by atoms with Crippen molar-refractivity contribution in [3.05, 3.63) is 41.3 Å². The van der Waals surface area contributed by atoms with Crippen molar-refractivity contribution in [1.29, 1.82) is 0 Å². The van der Waals surface area contributed by atoms with Crippen LogP contribution >= 0.6 is 11.3 Å². The Bertz CT molecular complexity index is 680. The lowest BCUT2D eigenvalue weighted by atomic mass is 10.3. The summed E-state index contributed by atoms with van der Waals surface area (Å²) in [4.78, 5) is 0. The number of hydrogen-bond donors (Lipinski definition) is 2. The molecule has 2 aromatic rings. The Balaban J connectivity index is 2.21. The summed E-state index contributed by atoms with van der Waals surface area (Å²) in [6.07, 6.45) is 0. The minimum atomic E-state index is -3.55. The van der Waals surface area contributed by atoms with Gasteiger partial charge in [0.05, 0.1) is 12.8 Å². The van der Waals surface area contributed by atoms with Crippen LogP contribution in [0, 0.1) is 0 Å². The Morgan fingerprint density at radius 2 is 2.10 bits per heavy atom. The lowest BCUT2D eigenvalue weighted by Crippen LogP contribution is -2.11. The molecule has 0 bridgehead atoms. The van der Waals surface area contributed by atoms with Gasteiger partial charge in [0.1, 0.15) is 9.96 Å². The first-order chi connectivity index (χ1) is 9.55. The molecule has 0 unspecified atom stereocenters. The lowest BCUT2D eigenvalue weighted by molar-refractivity contribution is 0.415. The van der Waals surface area contributed by atoms with Gasteiger partial charge in [0, 0.05) is 12.6 Å². The van der Waals surface area contributed by atoms with Gasteiger partial charge in [-0.25, -0.2) is 8.42 Å². The number of rotatable bonds is 6. The Kier molecular flexibility index (Phi) is 4.64. The van der Waals surface area contributed by atoms with Crippen molar-refractivity contribution < 1.29 is 13.2 Å². The third kappa shape index (κ3) is 3.50. The van der Waals surface area contributed by atoms with Crippen molar-refractivity contribution in [3.8, 4) is 5.75 Å². The van der Waals surface area contributed by atoms with Crippen LogP contribution in [0.1, 0.15) is 5.56 Å². The van der Waals surface area contributed by atoms with Crippen LogP contribution in [-0.2, 0) is 16.6 Å². The van der Waals surface area contributed by atoms with E-state index in [4.69, 9.17) is 4.74 Å². The van der Waals surface area contributed by atoms with E-state index in [9.17, 15) is 8.42 Å². The molecule has 108 valence electrons. The van der Waals surface area contributed by atoms with Gasteiger partial charge in [-0.2, -0.15) is 0 Å². The lowest BCUT2D eigenvalue weighted by Gasteiger charge is -2.07. The number of benzene rings is 1. The van der Waals surface area contributed by atoms with Crippen molar-refractivity contribution >= 4 is 27.0 Å². The van der Waals surface area contributed by atoms with Crippen molar-refractivity contribution in [3.63, 3.8) is 0 Å². The molecule has 1 aromatic heterocycles. The van der Waals surface area contributed by atoms with E-state index in [1.165, 1.54) is 18.4 Å². The number of thiophene rings is 1. The molecule has 1 aromatic carbocycles. The van der Waals surface area contributed by atoms with Crippen LogP contribution in [-0.4, -0.2) is 22.6 Å². The molecule has 0 saturated heterocycles. The molecule has 5 nitrogen and oxygen atoms in total. The summed E-state index contributed by atoms with van der Waals surface area (Å²) in [5, 5.41) is 4.82. The van der Waals surface area contributed by atoms with E-state index in [0.717, 1.165) is 5.56 Å². The Hall–Kier alpha value is -1.57. The van der Waals surface area contributed by atoms with E-state index in [1.807, 2.05) is 12.4 Å². The maximum atomic E-state index is 12.3. The first-order valence-corrected chi connectivity index (χ1v) is 8.30. The van der Waals surface area contributed by atoms with Crippen molar-refractivity contribution in [2.24, 2.45) is 0 Å². The molecule has 7 heteroatoms. The van der Waals surface area contributed by atoms with Gasteiger partial charge in [0.2, 0.25) is 0 Å². The molecule has 0 atom stereocenters. The molecule has 20 heavy (non-hydrogen) atoms. The molecule has 0 amide bonds. The molecule has 0 fully saturated rings. The fourth-order valence-corrected chi connectivity index (χ4v) is 3.94. The summed E-state index contributed by atoms with van der Waals surface area (Å²) in [5.41, 5.74) is 1.43. The molecule has 2 N–H and O–H groups in total. The standard InChI is InChI=1S/C13H16N2O3S2/c1-14-8-10-6-13(19-9-10)20(16,17)15-11-4-3-5-12(7-11)18-2/h3-7,9,14-15H,8H2,1-2H3. The van der Waals surface area contributed by atoms with Crippen LogP contribution < -0.4 is 14.8 Å². The van der Waals surface area contributed by atoms with E-state index in [0.29, 0.717) is 22.2 Å². The summed E-state index contributed by atoms with van der Waals surface area (Å²) in [6.45, 7) is 0.644. The largest absolute Gasteiger partial charge is 0.497 e. The summed E-state index contributed by atoms with van der Waals surface area (Å²) < 4.78 is 32.4. The summed E-state index contributed by atoms with van der Waals surface area (Å²) >= 11 is 1.20. The SMILES string of the molecule is CNCc1csc(S(=O)(=O)Nc2cccc(OC)c2)c1. The maximum Gasteiger partial charge on any atom is 0.271 e. The zero-order chi connectivity index (χ0) is 14.6. The maximum absolute atomic E-state index is 12.3. The normalized spacial score (nSPS) is 11.3. The second-order valence-corrected chi connectivity index (χ2v) is 6.96. The third-order valence-corrected chi connectivity index (χ3v) is 5.47. The van der Waals surface area contributed by atoms with Gasteiger partial charge in [0.15, 0.2) is 0 Å². The summed E-state index contributed by atoms with van der Waals surface area (Å²) in [5.74, 6) is 0.604. The average Bonchev–Trinajstić information content (AvgIpc) is 2.88. The highest BCUT2D eigenvalue weighted by atomic mass is 32.2. The van der Waals surface area contributed by atoms with Crippen LogP contribution in [0.2, 0.25) is 0 Å². The zero-order valence-corrected chi connectivity index (χ0v) is 12.8. The Morgan fingerprint density at radius 3 is 2.80 bits per heavy atom. The zero-order valence-electron chi connectivity index (χ0n) is 11.2. The van der Waals surface area contributed by atoms with Gasteiger partial charge < -0.3 is 10.1 Å². The molecule has 0 spiro atoms. The fraction of sp³-hybridized carbons (Fsp3) is 0.231. The number of sulfonamides is 1. The van der Waals surface area contributed by atoms with E-state index in [2.05, 4.69) is 10.0 Å². The quantitative estimate of drug-likeness (QED) is 0.859. The minimum Gasteiger partial charge on any atom is -0.497 e. The third-order valence-electron chi connectivity index (χ3n) is 2.60. The van der Waals surface area contributed by atoms with Gasteiger partial charge in [0.25, 0.3) is 10.0 Å². The Morgan fingerprint density at radius 1 is 1.30 bits per heavy atom.